The Bertz CT molecular complexity index is 3670. The fourth-order valence-corrected chi connectivity index (χ4v) is 11.9. The lowest BCUT2D eigenvalue weighted by molar-refractivity contribution is 0.550. The van der Waals surface area contributed by atoms with E-state index >= 15 is 0 Å². The van der Waals surface area contributed by atoms with E-state index in [0.717, 1.165) is 17.1 Å². The molecule has 0 unspecified atom stereocenters. The highest BCUT2D eigenvalue weighted by Gasteiger charge is 2.44. The average molecular weight is 868 g/mol. The molecule has 1 heteroatoms. The third-order valence-electron chi connectivity index (χ3n) is 15.1. The van der Waals surface area contributed by atoms with Gasteiger partial charge in [0.2, 0.25) is 0 Å². The molecule has 2 aliphatic rings. The summed E-state index contributed by atoms with van der Waals surface area (Å²) in [6, 6.07) is 92.2. The first kappa shape index (κ1) is 40.1. The summed E-state index contributed by atoms with van der Waals surface area (Å²) in [5.74, 6) is 0. The van der Waals surface area contributed by atoms with Gasteiger partial charge in [-0.3, -0.25) is 0 Å². The van der Waals surface area contributed by atoms with Gasteiger partial charge in [-0.05, 0) is 149 Å². The molecule has 2 aliphatic carbocycles. The normalized spacial score (nSPS) is 13.5. The van der Waals surface area contributed by atoms with Gasteiger partial charge in [0.05, 0.1) is 5.69 Å². The van der Waals surface area contributed by atoms with Gasteiger partial charge < -0.3 is 4.90 Å². The van der Waals surface area contributed by atoms with Crippen molar-refractivity contribution in [2.24, 2.45) is 0 Å². The van der Waals surface area contributed by atoms with E-state index in [-0.39, 0.29) is 5.41 Å². The number of rotatable bonds is 8. The van der Waals surface area contributed by atoms with Gasteiger partial charge in [0, 0.05) is 22.4 Å². The topological polar surface area (TPSA) is 3.24 Å². The first-order valence-corrected chi connectivity index (χ1v) is 24.2. The second-order valence-electron chi connectivity index (χ2n) is 18.7. The predicted molar refractivity (Wildman–Crippen MR) is 288 cm³/mol. The fraction of sp³-hybridized carbons (Fsp3) is 0.0746. The molecule has 1 nitrogen and oxygen atoms in total. The van der Waals surface area contributed by atoms with Crippen molar-refractivity contribution >= 4 is 38.6 Å². The van der Waals surface area contributed by atoms with E-state index in [1.54, 1.807) is 0 Å². The molecule has 11 aromatic carbocycles. The van der Waals surface area contributed by atoms with E-state index in [1.807, 2.05) is 0 Å². The average Bonchev–Trinajstić information content (AvgIpc) is 4.02. The molecule has 0 atom stereocenters. The molecule has 0 radical (unpaired) electrons. The molecule has 0 bridgehead atoms. The second kappa shape index (κ2) is 16.6. The molecule has 322 valence electrons. The van der Waals surface area contributed by atoms with Crippen molar-refractivity contribution in [1.29, 1.82) is 0 Å². The van der Waals surface area contributed by atoms with Crippen LogP contribution < -0.4 is 4.90 Å². The van der Waals surface area contributed by atoms with Crippen LogP contribution >= 0.6 is 0 Å². The minimum absolute atomic E-state index is 0.131. The minimum Gasteiger partial charge on any atom is -0.310 e. The van der Waals surface area contributed by atoms with Gasteiger partial charge in [-0.15, -0.1) is 0 Å². The minimum atomic E-state index is 0.131. The number of benzene rings is 11. The van der Waals surface area contributed by atoms with Crippen molar-refractivity contribution in [3.8, 4) is 66.8 Å². The van der Waals surface area contributed by atoms with Crippen molar-refractivity contribution in [2.45, 2.75) is 31.1 Å². The van der Waals surface area contributed by atoms with Crippen LogP contribution in [0.15, 0.2) is 249 Å². The number of para-hydroxylation sites is 1. The van der Waals surface area contributed by atoms with Gasteiger partial charge in [-0.25, -0.2) is 0 Å². The Morgan fingerprint density at radius 1 is 0.279 bits per heavy atom. The Hall–Kier alpha value is -8.26. The third-order valence-corrected chi connectivity index (χ3v) is 15.1. The molecule has 0 amide bonds. The molecule has 0 aromatic heterocycles. The lowest BCUT2D eigenvalue weighted by atomic mass is 9.76. The largest absolute Gasteiger partial charge is 0.310 e. The van der Waals surface area contributed by atoms with Crippen molar-refractivity contribution in [3.63, 3.8) is 0 Å². The standard InChI is InChI=1S/C67H49N/c1-2-18-47(19-3-1)53-21-6-7-23-55(53)57-25-9-10-26-58(57)62-29-13-15-31-66(62)68(52-39-34-48(35-40-52)63-44-50-20-4-5-22-54(50)56-24-8-11-27-59(56)63)51-37-32-46(33-38-51)49-36-41-61-60-28-12-14-30-64(60)67(65(61)45-49)42-16-17-43-67/h1-15,18-41,44-45H,16-17,42-43H2. The monoisotopic (exact) mass is 867 g/mol. The summed E-state index contributed by atoms with van der Waals surface area (Å²) in [5, 5.41) is 5.07. The Kier molecular flexibility index (Phi) is 9.75. The Morgan fingerprint density at radius 2 is 0.765 bits per heavy atom. The van der Waals surface area contributed by atoms with E-state index in [9.17, 15) is 0 Å². The van der Waals surface area contributed by atoms with Gasteiger partial charge >= 0.3 is 0 Å². The third kappa shape index (κ3) is 6.61. The first-order chi connectivity index (χ1) is 33.7. The van der Waals surface area contributed by atoms with Crippen LogP contribution in [0.25, 0.3) is 88.3 Å². The van der Waals surface area contributed by atoms with E-state index in [4.69, 9.17) is 0 Å². The van der Waals surface area contributed by atoms with Crippen LogP contribution in [0.3, 0.4) is 0 Å². The molecule has 1 saturated carbocycles. The maximum atomic E-state index is 2.52. The molecule has 13 rings (SSSR count). The summed E-state index contributed by atoms with van der Waals surface area (Å²) in [5.41, 5.74) is 21.5. The molecule has 0 heterocycles. The zero-order chi connectivity index (χ0) is 45.0. The van der Waals surface area contributed by atoms with Crippen molar-refractivity contribution < 1.29 is 0 Å². The van der Waals surface area contributed by atoms with E-state index in [2.05, 4.69) is 254 Å². The Labute approximate surface area is 399 Å². The van der Waals surface area contributed by atoms with Crippen LogP contribution in [0.2, 0.25) is 0 Å². The van der Waals surface area contributed by atoms with Gasteiger partial charge in [0.15, 0.2) is 0 Å². The van der Waals surface area contributed by atoms with E-state index in [1.165, 1.54) is 125 Å². The number of nitrogens with zero attached hydrogens (tertiary/aromatic N) is 1. The van der Waals surface area contributed by atoms with E-state index < -0.39 is 0 Å². The number of anilines is 3. The molecule has 0 N–H and O–H groups in total. The zero-order valence-electron chi connectivity index (χ0n) is 37.9. The Balaban J connectivity index is 0.950. The lowest BCUT2D eigenvalue weighted by Crippen LogP contribution is -2.20. The highest BCUT2D eigenvalue weighted by molar-refractivity contribution is 6.14. The maximum Gasteiger partial charge on any atom is 0.0540 e. The molecule has 0 saturated heterocycles. The van der Waals surface area contributed by atoms with Crippen LogP contribution in [0, 0.1) is 0 Å². The smallest absolute Gasteiger partial charge is 0.0540 e. The maximum absolute atomic E-state index is 2.52. The number of fused-ring (bicyclic) bond motifs is 8. The fourth-order valence-electron chi connectivity index (χ4n) is 11.9. The number of hydrogen-bond acceptors (Lipinski definition) is 1. The highest BCUT2D eigenvalue weighted by atomic mass is 15.1. The summed E-state index contributed by atoms with van der Waals surface area (Å²) >= 11 is 0. The van der Waals surface area contributed by atoms with Crippen molar-refractivity contribution in [2.75, 3.05) is 4.90 Å². The molecule has 1 fully saturated rings. The Morgan fingerprint density at radius 3 is 1.49 bits per heavy atom. The molecular formula is C67H49N. The highest BCUT2D eigenvalue weighted by Crippen LogP contribution is 2.57. The van der Waals surface area contributed by atoms with Crippen LogP contribution in [-0.2, 0) is 5.41 Å². The SMILES string of the molecule is c1ccc(-c2ccccc2-c2ccccc2-c2ccccc2N(c2ccc(-c3ccc4c(c3)C3(CCCC3)c3ccccc3-4)cc2)c2ccc(-c3cc4ccccc4c4ccccc34)cc2)cc1. The molecular weight excluding hydrogens is 819 g/mol. The van der Waals surface area contributed by atoms with E-state index in [0.29, 0.717) is 0 Å². The predicted octanol–water partition coefficient (Wildman–Crippen LogP) is 18.6. The van der Waals surface area contributed by atoms with Crippen LogP contribution in [-0.4, -0.2) is 0 Å². The van der Waals surface area contributed by atoms with Crippen LogP contribution in [0.1, 0.15) is 36.8 Å². The van der Waals surface area contributed by atoms with Crippen molar-refractivity contribution in [3.05, 3.63) is 260 Å². The summed E-state index contributed by atoms with van der Waals surface area (Å²) in [6.45, 7) is 0. The summed E-state index contributed by atoms with van der Waals surface area (Å²) in [7, 11) is 0. The van der Waals surface area contributed by atoms with Gasteiger partial charge in [-0.2, -0.15) is 0 Å². The number of hydrogen-bond donors (Lipinski definition) is 0. The second-order valence-corrected chi connectivity index (χ2v) is 18.7. The summed E-state index contributed by atoms with van der Waals surface area (Å²) in [6.07, 6.45) is 5.02. The summed E-state index contributed by atoms with van der Waals surface area (Å²) in [4.78, 5) is 2.45. The molecule has 0 aliphatic heterocycles. The zero-order valence-corrected chi connectivity index (χ0v) is 37.9. The van der Waals surface area contributed by atoms with Gasteiger partial charge in [0.25, 0.3) is 0 Å². The lowest BCUT2D eigenvalue weighted by Gasteiger charge is -2.29. The van der Waals surface area contributed by atoms with Crippen molar-refractivity contribution in [1.82, 2.24) is 0 Å². The van der Waals surface area contributed by atoms with Crippen LogP contribution in [0.5, 0.6) is 0 Å². The molecule has 68 heavy (non-hydrogen) atoms. The molecule has 11 aromatic rings. The van der Waals surface area contributed by atoms with Gasteiger partial charge in [-0.1, -0.05) is 219 Å². The van der Waals surface area contributed by atoms with Crippen LogP contribution in [0.4, 0.5) is 17.1 Å². The molecule has 1 spiro atoms. The quantitative estimate of drug-likeness (QED) is 0.138. The van der Waals surface area contributed by atoms with Gasteiger partial charge in [0.1, 0.15) is 0 Å². The summed E-state index contributed by atoms with van der Waals surface area (Å²) < 4.78 is 0. The first-order valence-electron chi connectivity index (χ1n) is 24.2.